The van der Waals surface area contributed by atoms with E-state index in [1.54, 1.807) is 0 Å². The highest BCUT2D eigenvalue weighted by molar-refractivity contribution is 5.25. The fraction of sp³-hybridized carbons (Fsp3) is 0.688. The molecule has 2 rings (SSSR count). The number of hydrogen-bond donors (Lipinski definition) is 1. The molecule has 1 aliphatic rings. The molecular formula is C16H27N3. The van der Waals surface area contributed by atoms with Gasteiger partial charge in [0.1, 0.15) is 0 Å². The number of nitrogens with zero attached hydrogens (tertiary/aromatic N) is 2. The lowest BCUT2D eigenvalue weighted by Gasteiger charge is -2.31. The lowest BCUT2D eigenvalue weighted by atomic mass is 9.85. The summed E-state index contributed by atoms with van der Waals surface area (Å²) in [6.45, 7) is 9.88. The summed E-state index contributed by atoms with van der Waals surface area (Å²) in [4.78, 5) is 6.83. The van der Waals surface area contributed by atoms with Crippen LogP contribution in [0.2, 0.25) is 0 Å². The average molecular weight is 261 g/mol. The van der Waals surface area contributed by atoms with Crippen LogP contribution in [0.1, 0.15) is 50.3 Å². The predicted octanol–water partition coefficient (Wildman–Crippen LogP) is 2.90. The largest absolute Gasteiger partial charge is 0.329 e. The van der Waals surface area contributed by atoms with Crippen molar-refractivity contribution >= 4 is 0 Å². The Hall–Kier alpha value is -0.930. The summed E-state index contributed by atoms with van der Waals surface area (Å²) in [5, 5.41) is 0. The highest BCUT2D eigenvalue weighted by Gasteiger charge is 2.27. The van der Waals surface area contributed by atoms with Crippen molar-refractivity contribution in [3.8, 4) is 0 Å². The molecule has 1 aromatic heterocycles. The van der Waals surface area contributed by atoms with Crippen molar-refractivity contribution in [2.75, 3.05) is 19.6 Å². The minimum absolute atomic E-state index is 0.322. The highest BCUT2D eigenvalue weighted by Crippen LogP contribution is 2.33. The molecule has 1 atom stereocenters. The van der Waals surface area contributed by atoms with Crippen molar-refractivity contribution in [3.63, 3.8) is 0 Å². The minimum Gasteiger partial charge on any atom is -0.329 e. The molecule has 2 N–H and O–H groups in total. The van der Waals surface area contributed by atoms with Crippen LogP contribution in [0.4, 0.5) is 0 Å². The van der Waals surface area contributed by atoms with Gasteiger partial charge in [0.25, 0.3) is 0 Å². The molecule has 1 aliphatic heterocycles. The van der Waals surface area contributed by atoms with Crippen molar-refractivity contribution in [2.45, 2.75) is 46.1 Å². The van der Waals surface area contributed by atoms with Gasteiger partial charge in [0.05, 0.1) is 0 Å². The standard InChI is InChI=1S/C16H27N3/c1-13-5-8-18-12-14(13)15(11-17)19-9-4-6-16(2,3)7-10-19/h5,8,12,15H,4,6-7,9-11,17H2,1-3H3. The predicted molar refractivity (Wildman–Crippen MR) is 80.0 cm³/mol. The summed E-state index contributed by atoms with van der Waals surface area (Å²) in [6.07, 6.45) is 7.68. The zero-order valence-corrected chi connectivity index (χ0v) is 12.5. The first-order valence-electron chi connectivity index (χ1n) is 7.38. The van der Waals surface area contributed by atoms with Gasteiger partial charge in [-0.15, -0.1) is 0 Å². The smallest absolute Gasteiger partial charge is 0.0488 e. The maximum absolute atomic E-state index is 6.05. The monoisotopic (exact) mass is 261 g/mol. The average Bonchev–Trinajstić information content (AvgIpc) is 2.54. The fourth-order valence-corrected chi connectivity index (χ4v) is 3.05. The van der Waals surface area contributed by atoms with E-state index in [-0.39, 0.29) is 0 Å². The molecule has 106 valence electrons. The van der Waals surface area contributed by atoms with Gasteiger partial charge in [-0.1, -0.05) is 13.8 Å². The van der Waals surface area contributed by atoms with E-state index < -0.39 is 0 Å². The van der Waals surface area contributed by atoms with Crippen molar-refractivity contribution in [2.24, 2.45) is 11.1 Å². The Kier molecular flexibility index (Phi) is 4.58. The summed E-state index contributed by atoms with van der Waals surface area (Å²) < 4.78 is 0. The zero-order chi connectivity index (χ0) is 13.9. The Labute approximate surface area is 117 Å². The van der Waals surface area contributed by atoms with Gasteiger partial charge in [-0.2, -0.15) is 0 Å². The number of likely N-dealkylation sites (tertiary alicyclic amines) is 1. The first-order valence-corrected chi connectivity index (χ1v) is 7.38. The minimum atomic E-state index is 0.322. The SMILES string of the molecule is Cc1ccncc1C(CN)N1CCCC(C)(C)CC1. The number of aromatic nitrogens is 1. The van der Waals surface area contributed by atoms with Gasteiger partial charge in [-0.3, -0.25) is 9.88 Å². The van der Waals surface area contributed by atoms with Crippen LogP contribution in [0.5, 0.6) is 0 Å². The summed E-state index contributed by atoms with van der Waals surface area (Å²) >= 11 is 0. The second-order valence-corrected chi connectivity index (χ2v) is 6.54. The van der Waals surface area contributed by atoms with E-state index >= 15 is 0 Å². The van der Waals surface area contributed by atoms with Gasteiger partial charge in [-0.05, 0) is 61.9 Å². The Morgan fingerprint density at radius 1 is 1.37 bits per heavy atom. The molecule has 0 saturated carbocycles. The van der Waals surface area contributed by atoms with Gasteiger partial charge >= 0.3 is 0 Å². The second kappa shape index (κ2) is 6.02. The molecule has 0 bridgehead atoms. The summed E-state index contributed by atoms with van der Waals surface area (Å²) in [7, 11) is 0. The van der Waals surface area contributed by atoms with E-state index in [9.17, 15) is 0 Å². The molecule has 0 amide bonds. The Balaban J connectivity index is 2.16. The number of rotatable bonds is 3. The first kappa shape index (κ1) is 14.5. The Morgan fingerprint density at radius 2 is 2.16 bits per heavy atom. The highest BCUT2D eigenvalue weighted by atomic mass is 15.2. The number of hydrogen-bond acceptors (Lipinski definition) is 3. The summed E-state index contributed by atoms with van der Waals surface area (Å²) in [5.74, 6) is 0. The van der Waals surface area contributed by atoms with Crippen molar-refractivity contribution in [1.82, 2.24) is 9.88 Å². The van der Waals surface area contributed by atoms with Crippen LogP contribution in [0, 0.1) is 12.3 Å². The van der Waals surface area contributed by atoms with Crippen LogP contribution >= 0.6 is 0 Å². The molecule has 19 heavy (non-hydrogen) atoms. The third-order valence-electron chi connectivity index (χ3n) is 4.48. The lowest BCUT2D eigenvalue weighted by molar-refractivity contribution is 0.199. The molecule has 1 aromatic rings. The molecule has 1 fully saturated rings. The van der Waals surface area contributed by atoms with E-state index in [1.807, 2.05) is 12.4 Å². The quantitative estimate of drug-likeness (QED) is 0.909. The normalized spacial score (nSPS) is 21.9. The molecule has 1 saturated heterocycles. The van der Waals surface area contributed by atoms with Gasteiger partial charge < -0.3 is 5.73 Å². The van der Waals surface area contributed by atoms with Gasteiger partial charge in [0.2, 0.25) is 0 Å². The maximum atomic E-state index is 6.05. The summed E-state index contributed by atoms with van der Waals surface area (Å²) in [5.41, 5.74) is 9.12. The van der Waals surface area contributed by atoms with E-state index in [0.29, 0.717) is 18.0 Å². The van der Waals surface area contributed by atoms with Crippen LogP contribution < -0.4 is 5.73 Å². The molecule has 2 heterocycles. The summed E-state index contributed by atoms with van der Waals surface area (Å²) in [6, 6.07) is 2.40. The van der Waals surface area contributed by atoms with Gasteiger partial charge in [0.15, 0.2) is 0 Å². The molecule has 0 radical (unpaired) electrons. The molecule has 0 aromatic carbocycles. The van der Waals surface area contributed by atoms with Crippen molar-refractivity contribution < 1.29 is 0 Å². The van der Waals surface area contributed by atoms with Crippen LogP contribution in [0.15, 0.2) is 18.5 Å². The fourth-order valence-electron chi connectivity index (χ4n) is 3.05. The number of pyridine rings is 1. The Bertz CT molecular complexity index is 414. The molecule has 1 unspecified atom stereocenters. The van der Waals surface area contributed by atoms with Crippen molar-refractivity contribution in [1.29, 1.82) is 0 Å². The molecule has 0 spiro atoms. The topological polar surface area (TPSA) is 42.1 Å². The molecule has 0 aliphatic carbocycles. The van der Waals surface area contributed by atoms with E-state index in [4.69, 9.17) is 5.73 Å². The van der Waals surface area contributed by atoms with E-state index in [2.05, 4.69) is 36.7 Å². The van der Waals surface area contributed by atoms with Crippen LogP contribution in [0.3, 0.4) is 0 Å². The first-order chi connectivity index (χ1) is 9.03. The van der Waals surface area contributed by atoms with Crippen LogP contribution in [-0.2, 0) is 0 Å². The Morgan fingerprint density at radius 3 is 2.84 bits per heavy atom. The third-order valence-corrected chi connectivity index (χ3v) is 4.48. The maximum Gasteiger partial charge on any atom is 0.0488 e. The number of aryl methyl sites for hydroxylation is 1. The molecule has 3 nitrogen and oxygen atoms in total. The van der Waals surface area contributed by atoms with Gasteiger partial charge in [0, 0.05) is 25.0 Å². The van der Waals surface area contributed by atoms with Crippen LogP contribution in [0.25, 0.3) is 0 Å². The van der Waals surface area contributed by atoms with E-state index in [0.717, 1.165) is 13.1 Å². The second-order valence-electron chi connectivity index (χ2n) is 6.54. The number of nitrogens with two attached hydrogens (primary N) is 1. The third kappa shape index (κ3) is 3.54. The van der Waals surface area contributed by atoms with E-state index in [1.165, 1.54) is 30.4 Å². The molecule has 3 heteroatoms. The van der Waals surface area contributed by atoms with Gasteiger partial charge in [-0.25, -0.2) is 0 Å². The molecular weight excluding hydrogens is 234 g/mol. The van der Waals surface area contributed by atoms with Crippen LogP contribution in [-0.4, -0.2) is 29.5 Å². The zero-order valence-electron chi connectivity index (χ0n) is 12.5. The lowest BCUT2D eigenvalue weighted by Crippen LogP contribution is -2.35. The van der Waals surface area contributed by atoms with Crippen molar-refractivity contribution in [3.05, 3.63) is 29.6 Å².